The highest BCUT2D eigenvalue weighted by Gasteiger charge is 2.24. The molecule has 8 heteroatoms. The number of carboxylic acid groups (broad SMARTS) is 1. The van der Waals surface area contributed by atoms with Gasteiger partial charge in [0.1, 0.15) is 11.9 Å². The van der Waals surface area contributed by atoms with E-state index in [4.69, 9.17) is 14.8 Å². The molecular formula is C25H25N5O3. The van der Waals surface area contributed by atoms with E-state index < -0.39 is 5.97 Å². The summed E-state index contributed by atoms with van der Waals surface area (Å²) in [6, 6.07) is 12.2. The average Bonchev–Trinajstić information content (AvgIpc) is 3.24. The molecule has 0 spiro atoms. The molecule has 1 aromatic carbocycles. The van der Waals surface area contributed by atoms with Crippen LogP contribution >= 0.6 is 0 Å². The van der Waals surface area contributed by atoms with Gasteiger partial charge in [0, 0.05) is 35.6 Å². The third kappa shape index (κ3) is 4.69. The van der Waals surface area contributed by atoms with Gasteiger partial charge < -0.3 is 14.8 Å². The maximum atomic E-state index is 10.9. The van der Waals surface area contributed by atoms with Gasteiger partial charge in [-0.15, -0.1) is 0 Å². The number of nitrogens with one attached hydrogen (secondary N) is 1. The molecule has 0 amide bonds. The van der Waals surface area contributed by atoms with Crippen molar-refractivity contribution < 1.29 is 14.6 Å². The van der Waals surface area contributed by atoms with Crippen LogP contribution in [-0.4, -0.2) is 42.1 Å². The summed E-state index contributed by atoms with van der Waals surface area (Å²) in [5, 5.41) is 8.95. The Kier molecular flexibility index (Phi) is 5.73. The lowest BCUT2D eigenvalue weighted by molar-refractivity contribution is -0.138. The second-order valence-corrected chi connectivity index (χ2v) is 8.54. The molecule has 5 rings (SSSR count). The zero-order chi connectivity index (χ0) is 22.8. The molecule has 1 aliphatic rings. The minimum absolute atomic E-state index is 0.0318. The van der Waals surface area contributed by atoms with Crippen molar-refractivity contribution in [2.24, 2.45) is 5.92 Å². The van der Waals surface area contributed by atoms with Gasteiger partial charge in [0.05, 0.1) is 16.7 Å². The number of nitrogens with zero attached hydrogens (tertiary/aromatic N) is 4. The first-order valence-corrected chi connectivity index (χ1v) is 11.2. The van der Waals surface area contributed by atoms with Crippen LogP contribution in [0.3, 0.4) is 0 Å². The lowest BCUT2D eigenvalue weighted by Crippen LogP contribution is -2.25. The molecule has 2 N–H and O–H groups in total. The van der Waals surface area contributed by atoms with Crippen molar-refractivity contribution in [1.29, 1.82) is 0 Å². The Morgan fingerprint density at radius 2 is 1.82 bits per heavy atom. The second-order valence-electron chi connectivity index (χ2n) is 8.54. The number of hydrogen-bond acceptors (Lipinski definition) is 6. The summed E-state index contributed by atoms with van der Waals surface area (Å²) >= 11 is 0. The van der Waals surface area contributed by atoms with Crippen molar-refractivity contribution in [3.63, 3.8) is 0 Å². The van der Waals surface area contributed by atoms with Gasteiger partial charge in [0.25, 0.3) is 0 Å². The van der Waals surface area contributed by atoms with Gasteiger partial charge in [-0.05, 0) is 62.8 Å². The molecule has 8 nitrogen and oxygen atoms in total. The van der Waals surface area contributed by atoms with E-state index in [1.54, 1.807) is 12.4 Å². The number of H-pyrrole nitrogens is 1. The number of carboxylic acids is 1. The molecule has 3 aromatic heterocycles. The second kappa shape index (κ2) is 8.97. The Morgan fingerprint density at radius 1 is 1.06 bits per heavy atom. The van der Waals surface area contributed by atoms with E-state index in [2.05, 4.69) is 19.9 Å². The van der Waals surface area contributed by atoms with E-state index in [1.165, 1.54) is 0 Å². The van der Waals surface area contributed by atoms with E-state index in [0.29, 0.717) is 6.01 Å². The number of pyridine rings is 1. The minimum Gasteiger partial charge on any atom is -0.481 e. The van der Waals surface area contributed by atoms with E-state index in [9.17, 15) is 4.79 Å². The number of ether oxygens (including phenoxy) is 1. The van der Waals surface area contributed by atoms with Gasteiger partial charge in [-0.1, -0.05) is 12.1 Å². The summed E-state index contributed by atoms with van der Waals surface area (Å²) in [6.45, 7) is 1.96. The number of aryl methyl sites for hydroxylation is 1. The third-order valence-corrected chi connectivity index (χ3v) is 6.18. The zero-order valence-electron chi connectivity index (χ0n) is 18.4. The molecule has 0 atom stereocenters. The van der Waals surface area contributed by atoms with Crippen LogP contribution in [-0.2, 0) is 4.79 Å². The lowest BCUT2D eigenvalue weighted by atomic mass is 9.85. The normalized spacial score (nSPS) is 18.3. The quantitative estimate of drug-likeness (QED) is 0.440. The van der Waals surface area contributed by atoms with Gasteiger partial charge in [-0.3, -0.25) is 9.78 Å². The molecule has 1 aliphatic carbocycles. The molecule has 4 aromatic rings. The summed E-state index contributed by atoms with van der Waals surface area (Å²) in [6.07, 6.45) is 7.08. The standard InChI is InChI=1S/C25H25N5O3/c1-15-19(24-29-21-4-2-3-5-22(21)30-24)10-11-20(28-15)17-13-26-25(27-14-17)33-18-8-6-16(7-9-18)12-23(31)32/h2-5,10-11,13-14,16,18H,6-9,12H2,1H3,(H,29,30)(H,31,32)/t16-,18-. The first-order valence-electron chi connectivity index (χ1n) is 11.2. The third-order valence-electron chi connectivity index (χ3n) is 6.18. The summed E-state index contributed by atoms with van der Waals surface area (Å²) in [7, 11) is 0. The number of aliphatic carboxylic acids is 1. The molecular weight excluding hydrogens is 418 g/mol. The summed E-state index contributed by atoms with van der Waals surface area (Å²) in [4.78, 5) is 32.4. The Hall–Kier alpha value is -3.81. The predicted molar refractivity (Wildman–Crippen MR) is 124 cm³/mol. The Bertz CT molecular complexity index is 1240. The van der Waals surface area contributed by atoms with Crippen molar-refractivity contribution in [2.75, 3.05) is 0 Å². The molecule has 0 aliphatic heterocycles. The number of carbonyl (C=O) groups is 1. The summed E-state index contributed by atoms with van der Waals surface area (Å²) in [5.74, 6) is 0.307. The first-order chi connectivity index (χ1) is 16.0. The number of aromatic nitrogens is 5. The number of rotatable bonds is 6. The predicted octanol–water partition coefficient (Wildman–Crippen LogP) is 4.80. The largest absolute Gasteiger partial charge is 0.481 e. The van der Waals surface area contributed by atoms with E-state index in [-0.39, 0.29) is 18.4 Å². The number of aromatic amines is 1. The topological polar surface area (TPSA) is 114 Å². The molecule has 0 saturated heterocycles. The highest BCUT2D eigenvalue weighted by Crippen LogP contribution is 2.29. The van der Waals surface area contributed by atoms with Crippen molar-refractivity contribution in [1.82, 2.24) is 24.9 Å². The molecule has 0 radical (unpaired) electrons. The van der Waals surface area contributed by atoms with Crippen LogP contribution in [0.1, 0.15) is 37.8 Å². The van der Waals surface area contributed by atoms with Gasteiger partial charge in [0.15, 0.2) is 0 Å². The minimum atomic E-state index is -0.729. The van der Waals surface area contributed by atoms with Crippen molar-refractivity contribution in [3.05, 3.63) is 54.5 Å². The van der Waals surface area contributed by atoms with E-state index in [1.807, 2.05) is 43.3 Å². The molecule has 1 fully saturated rings. The van der Waals surface area contributed by atoms with Crippen LogP contribution in [0, 0.1) is 12.8 Å². The Labute approximate surface area is 191 Å². The van der Waals surface area contributed by atoms with Gasteiger partial charge in [0.2, 0.25) is 0 Å². The SMILES string of the molecule is Cc1nc(-c2cnc(O[C@H]3CC[C@H](CC(=O)O)CC3)nc2)ccc1-c1nc2ccccc2[nH]1. The zero-order valence-corrected chi connectivity index (χ0v) is 18.4. The number of benzene rings is 1. The van der Waals surface area contributed by atoms with Crippen molar-refractivity contribution >= 4 is 17.0 Å². The van der Waals surface area contributed by atoms with Crippen LogP contribution in [0.4, 0.5) is 0 Å². The molecule has 33 heavy (non-hydrogen) atoms. The van der Waals surface area contributed by atoms with Crippen molar-refractivity contribution in [3.8, 4) is 28.7 Å². The Balaban J connectivity index is 1.25. The highest BCUT2D eigenvalue weighted by atomic mass is 16.5. The maximum absolute atomic E-state index is 10.9. The Morgan fingerprint density at radius 3 is 2.52 bits per heavy atom. The maximum Gasteiger partial charge on any atom is 0.316 e. The highest BCUT2D eigenvalue weighted by molar-refractivity contribution is 5.80. The van der Waals surface area contributed by atoms with E-state index >= 15 is 0 Å². The lowest BCUT2D eigenvalue weighted by Gasteiger charge is -2.27. The van der Waals surface area contributed by atoms with Gasteiger partial charge in [-0.2, -0.15) is 0 Å². The van der Waals surface area contributed by atoms with Crippen molar-refractivity contribution in [2.45, 2.75) is 45.1 Å². The smallest absolute Gasteiger partial charge is 0.316 e. The number of fused-ring (bicyclic) bond motifs is 1. The fourth-order valence-electron chi connectivity index (χ4n) is 4.41. The molecule has 168 valence electrons. The molecule has 0 unspecified atom stereocenters. The number of imidazole rings is 1. The first kappa shape index (κ1) is 21.1. The number of hydrogen-bond donors (Lipinski definition) is 2. The molecule has 0 bridgehead atoms. The van der Waals surface area contributed by atoms with Crippen LogP contribution in [0.15, 0.2) is 48.8 Å². The average molecular weight is 444 g/mol. The van der Waals surface area contributed by atoms with Crippen LogP contribution in [0.25, 0.3) is 33.7 Å². The molecule has 3 heterocycles. The van der Waals surface area contributed by atoms with Crippen LogP contribution in [0.5, 0.6) is 6.01 Å². The monoisotopic (exact) mass is 443 g/mol. The van der Waals surface area contributed by atoms with Gasteiger partial charge >= 0.3 is 12.0 Å². The fourth-order valence-corrected chi connectivity index (χ4v) is 4.41. The van der Waals surface area contributed by atoms with Crippen LogP contribution < -0.4 is 4.74 Å². The van der Waals surface area contributed by atoms with Crippen LogP contribution in [0.2, 0.25) is 0 Å². The summed E-state index contributed by atoms with van der Waals surface area (Å²) < 4.78 is 5.93. The fraction of sp³-hybridized carbons (Fsp3) is 0.320. The van der Waals surface area contributed by atoms with Gasteiger partial charge in [-0.25, -0.2) is 15.0 Å². The molecule has 1 saturated carbocycles. The van der Waals surface area contributed by atoms with E-state index in [0.717, 1.165) is 65.1 Å². The number of para-hydroxylation sites is 2. The summed E-state index contributed by atoms with van der Waals surface area (Å²) in [5.41, 5.74) is 5.34.